The largest absolute Gasteiger partial charge is 0.481 e. The van der Waals surface area contributed by atoms with Crippen LogP contribution < -0.4 is 5.32 Å². The van der Waals surface area contributed by atoms with Gasteiger partial charge < -0.3 is 20.3 Å². The zero-order valence-corrected chi connectivity index (χ0v) is 27.1. The van der Waals surface area contributed by atoms with Crippen molar-refractivity contribution >= 4 is 29.6 Å². The van der Waals surface area contributed by atoms with Gasteiger partial charge in [0, 0.05) is 12.3 Å². The van der Waals surface area contributed by atoms with Gasteiger partial charge in [-0.3, -0.25) is 24.0 Å². The number of allylic oxidation sites excluding steroid dienone is 10. The number of ketones is 1. The Morgan fingerprint density at radius 1 is 0.727 bits per heavy atom. The summed E-state index contributed by atoms with van der Waals surface area (Å²) in [6, 6.07) is -0.974. The summed E-state index contributed by atoms with van der Waals surface area (Å²) in [6.07, 6.45) is 24.3. The van der Waals surface area contributed by atoms with E-state index in [1.807, 2.05) is 32.1 Å². The minimum atomic E-state index is -2.49. The zero-order chi connectivity index (χ0) is 33.4. The number of carboxylic acids is 2. The van der Waals surface area contributed by atoms with Crippen LogP contribution in [-0.2, 0) is 28.7 Å². The summed E-state index contributed by atoms with van der Waals surface area (Å²) < 4.78 is 5.32. The maximum atomic E-state index is 13.3. The second-order valence-electron chi connectivity index (χ2n) is 11.4. The zero-order valence-electron chi connectivity index (χ0n) is 27.1. The smallest absolute Gasteiger partial charge is 0.308 e. The van der Waals surface area contributed by atoms with Crippen LogP contribution in [0.1, 0.15) is 105 Å². The molecular formula is C35H53NO8. The third-order valence-electron chi connectivity index (χ3n) is 6.43. The highest BCUT2D eigenvalue weighted by Crippen LogP contribution is 2.25. The third kappa shape index (κ3) is 19.4. The summed E-state index contributed by atoms with van der Waals surface area (Å²) in [5, 5.41) is 21.5. The van der Waals surface area contributed by atoms with Crippen molar-refractivity contribution in [3.8, 4) is 0 Å². The normalized spacial score (nSPS) is 13.2. The summed E-state index contributed by atoms with van der Waals surface area (Å²) in [5.41, 5.74) is -2.49. The lowest BCUT2D eigenvalue weighted by Gasteiger charge is -2.32. The molecule has 0 aromatic heterocycles. The van der Waals surface area contributed by atoms with E-state index in [-0.39, 0.29) is 24.5 Å². The molecule has 0 radical (unpaired) electrons. The van der Waals surface area contributed by atoms with E-state index in [0.717, 1.165) is 32.1 Å². The van der Waals surface area contributed by atoms with E-state index in [0.29, 0.717) is 12.8 Å². The summed E-state index contributed by atoms with van der Waals surface area (Å²) in [6.45, 7) is 9.16. The fourth-order valence-corrected chi connectivity index (χ4v) is 4.24. The quantitative estimate of drug-likeness (QED) is 0.0604. The first-order chi connectivity index (χ1) is 20.8. The van der Waals surface area contributed by atoms with Crippen molar-refractivity contribution in [3.05, 3.63) is 60.8 Å². The van der Waals surface area contributed by atoms with Crippen molar-refractivity contribution in [3.63, 3.8) is 0 Å². The number of carbonyl (C=O) groups excluding carboxylic acids is 3. The number of rotatable bonds is 24. The SMILES string of the molecule is CC/C=C\C/C=C\C/C=C\C/C=C\C/C=C\CCCC(=O)OC(CC(=O)O)(CC(=O)O)C(=O)N[C@@H](CC(C)C)C(=O)C(C)C. The number of nitrogens with one attached hydrogen (secondary N) is 1. The molecule has 3 N–H and O–H groups in total. The van der Waals surface area contributed by atoms with Crippen LogP contribution in [0, 0.1) is 11.8 Å². The number of hydrogen-bond donors (Lipinski definition) is 3. The van der Waals surface area contributed by atoms with Crippen LogP contribution in [0.25, 0.3) is 0 Å². The van der Waals surface area contributed by atoms with Crippen LogP contribution in [-0.4, -0.2) is 51.5 Å². The summed E-state index contributed by atoms with van der Waals surface area (Å²) in [7, 11) is 0. The van der Waals surface area contributed by atoms with Crippen LogP contribution in [0.5, 0.6) is 0 Å². The lowest BCUT2D eigenvalue weighted by atomic mass is 9.90. The van der Waals surface area contributed by atoms with Crippen molar-refractivity contribution in [2.75, 3.05) is 0 Å². The van der Waals surface area contributed by atoms with Gasteiger partial charge in [-0.1, -0.05) is 95.4 Å². The molecule has 9 heteroatoms. The van der Waals surface area contributed by atoms with E-state index in [4.69, 9.17) is 4.74 Å². The number of hydrogen-bond acceptors (Lipinski definition) is 6. The number of carboxylic acid groups (broad SMARTS) is 2. The predicted octanol–water partition coefficient (Wildman–Crippen LogP) is 6.90. The molecule has 0 aromatic carbocycles. The number of esters is 1. The van der Waals surface area contributed by atoms with Crippen molar-refractivity contribution in [1.82, 2.24) is 5.32 Å². The van der Waals surface area contributed by atoms with Gasteiger partial charge in [-0.2, -0.15) is 0 Å². The van der Waals surface area contributed by atoms with Crippen LogP contribution in [0.15, 0.2) is 60.8 Å². The summed E-state index contributed by atoms with van der Waals surface area (Å²) in [4.78, 5) is 62.1. The van der Waals surface area contributed by atoms with Crippen LogP contribution >= 0.6 is 0 Å². The van der Waals surface area contributed by atoms with Gasteiger partial charge >= 0.3 is 17.9 Å². The highest BCUT2D eigenvalue weighted by molar-refractivity contribution is 5.98. The number of unbranched alkanes of at least 4 members (excludes halogenated alkanes) is 1. The van der Waals surface area contributed by atoms with Crippen molar-refractivity contribution in [2.24, 2.45) is 11.8 Å². The summed E-state index contributed by atoms with van der Waals surface area (Å²) in [5.74, 6) is -5.71. The Morgan fingerprint density at radius 3 is 1.59 bits per heavy atom. The lowest BCUT2D eigenvalue weighted by molar-refractivity contribution is -0.177. The fraction of sp³-hybridized carbons (Fsp3) is 0.571. The Kier molecular flexibility index (Phi) is 21.7. The molecule has 0 saturated carbocycles. The predicted molar refractivity (Wildman–Crippen MR) is 173 cm³/mol. The molecule has 0 aliphatic heterocycles. The number of ether oxygens (including phenoxy) is 1. The highest BCUT2D eigenvalue weighted by atomic mass is 16.6. The average molecular weight is 616 g/mol. The second-order valence-corrected chi connectivity index (χ2v) is 11.4. The molecule has 0 spiro atoms. The molecule has 1 amide bonds. The van der Waals surface area contributed by atoms with Crippen molar-refractivity contribution < 1.29 is 38.9 Å². The van der Waals surface area contributed by atoms with Gasteiger partial charge in [0.05, 0.1) is 18.9 Å². The molecule has 0 bridgehead atoms. The molecular weight excluding hydrogens is 562 g/mol. The first-order valence-corrected chi connectivity index (χ1v) is 15.6. The van der Waals surface area contributed by atoms with E-state index in [1.165, 1.54) is 0 Å². The lowest BCUT2D eigenvalue weighted by Crippen LogP contribution is -2.57. The van der Waals surface area contributed by atoms with E-state index in [9.17, 15) is 34.2 Å². The topological polar surface area (TPSA) is 147 Å². The van der Waals surface area contributed by atoms with E-state index in [2.05, 4.69) is 54.8 Å². The Balaban J connectivity index is 5.00. The molecule has 0 aromatic rings. The van der Waals surface area contributed by atoms with Gasteiger partial charge in [0.1, 0.15) is 0 Å². The molecule has 9 nitrogen and oxygen atoms in total. The maximum Gasteiger partial charge on any atom is 0.308 e. The fourth-order valence-electron chi connectivity index (χ4n) is 4.24. The average Bonchev–Trinajstić information content (AvgIpc) is 2.92. The highest BCUT2D eigenvalue weighted by Gasteiger charge is 2.47. The van der Waals surface area contributed by atoms with Crippen LogP contribution in [0.3, 0.4) is 0 Å². The van der Waals surface area contributed by atoms with Gasteiger partial charge in [0.15, 0.2) is 5.78 Å². The first kappa shape index (κ1) is 40.2. The molecule has 0 fully saturated rings. The van der Waals surface area contributed by atoms with Gasteiger partial charge in [-0.05, 0) is 57.3 Å². The van der Waals surface area contributed by atoms with Gasteiger partial charge in [0.2, 0.25) is 5.60 Å². The van der Waals surface area contributed by atoms with Gasteiger partial charge in [-0.25, -0.2) is 0 Å². The van der Waals surface area contributed by atoms with Crippen LogP contribution in [0.2, 0.25) is 0 Å². The molecule has 44 heavy (non-hydrogen) atoms. The molecule has 0 aliphatic carbocycles. The Hall–Kier alpha value is -3.75. The Labute approximate surface area is 263 Å². The van der Waals surface area contributed by atoms with Gasteiger partial charge in [-0.15, -0.1) is 0 Å². The standard InChI is InChI=1S/C35H53NO8/c1-6-7-8-9-10-11-12-13-14-15-16-17-18-19-20-21-22-23-32(41)44-35(25-30(37)38,26-31(39)40)34(43)36-29(24-27(2)3)33(42)28(4)5/h7-8,10-11,13-14,16-17,19-20,27-29H,6,9,12,15,18,21-26H2,1-5H3,(H,36,43)(H,37,38)(H,39,40)/b8-7-,11-10-,14-13-,17-16-,20-19-/t29-/m0/s1. The Bertz CT molecular complexity index is 1030. The van der Waals surface area contributed by atoms with Crippen molar-refractivity contribution in [2.45, 2.75) is 117 Å². The minimum Gasteiger partial charge on any atom is -0.481 e. The minimum absolute atomic E-state index is 0.00912. The number of Topliss-reactive ketones (excluding diaryl/α,β-unsaturated/α-hetero) is 1. The van der Waals surface area contributed by atoms with E-state index >= 15 is 0 Å². The monoisotopic (exact) mass is 615 g/mol. The summed E-state index contributed by atoms with van der Waals surface area (Å²) >= 11 is 0. The molecule has 0 aliphatic rings. The number of aliphatic carboxylic acids is 2. The van der Waals surface area contributed by atoms with E-state index < -0.39 is 54.2 Å². The molecule has 0 heterocycles. The molecule has 0 rings (SSSR count). The Morgan fingerprint density at radius 2 is 1.18 bits per heavy atom. The molecule has 0 saturated heterocycles. The maximum absolute atomic E-state index is 13.3. The van der Waals surface area contributed by atoms with E-state index in [1.54, 1.807) is 13.8 Å². The molecule has 1 atom stereocenters. The molecule has 0 unspecified atom stereocenters. The van der Waals surface area contributed by atoms with Crippen LogP contribution in [0.4, 0.5) is 0 Å². The number of carbonyl (C=O) groups is 5. The second kappa shape index (κ2) is 23.7. The number of amides is 1. The molecule has 246 valence electrons. The van der Waals surface area contributed by atoms with Gasteiger partial charge in [0.25, 0.3) is 5.91 Å². The first-order valence-electron chi connectivity index (χ1n) is 15.6. The van der Waals surface area contributed by atoms with Crippen molar-refractivity contribution in [1.29, 1.82) is 0 Å². The third-order valence-corrected chi connectivity index (χ3v) is 6.43.